The summed E-state index contributed by atoms with van der Waals surface area (Å²) in [5.74, 6) is 0.561. The number of carbonyl (C=O) groups excluding carboxylic acids is 1. The van der Waals surface area contributed by atoms with Gasteiger partial charge in [-0.15, -0.1) is 0 Å². The van der Waals surface area contributed by atoms with E-state index in [9.17, 15) is 4.79 Å². The number of hydrogen-bond acceptors (Lipinski definition) is 5. The lowest BCUT2D eigenvalue weighted by molar-refractivity contribution is -0.116. The molecule has 1 amide bonds. The zero-order chi connectivity index (χ0) is 18.4. The van der Waals surface area contributed by atoms with Crippen LogP contribution in [0.1, 0.15) is 22.5 Å². The van der Waals surface area contributed by atoms with E-state index in [0.717, 1.165) is 35.6 Å². The van der Waals surface area contributed by atoms with Crippen LogP contribution < -0.4 is 10.2 Å². The zero-order valence-corrected chi connectivity index (χ0v) is 15.2. The molecule has 6 nitrogen and oxygen atoms in total. The molecule has 1 N–H and O–H groups in total. The average Bonchev–Trinajstić information content (AvgIpc) is 2.66. The van der Waals surface area contributed by atoms with Crippen LogP contribution in [-0.2, 0) is 16.1 Å². The first-order chi connectivity index (χ1) is 12.6. The Balaban J connectivity index is 1.61. The molecule has 136 valence electrons. The van der Waals surface area contributed by atoms with Crippen LogP contribution in [0.5, 0.6) is 0 Å². The number of ether oxygens (including phenoxy) is 1. The Morgan fingerprint density at radius 1 is 1.23 bits per heavy atom. The van der Waals surface area contributed by atoms with E-state index >= 15 is 0 Å². The van der Waals surface area contributed by atoms with Crippen molar-refractivity contribution in [3.63, 3.8) is 0 Å². The molecule has 0 radical (unpaired) electrons. The van der Waals surface area contributed by atoms with Crippen LogP contribution in [0.25, 0.3) is 6.08 Å². The number of carbonyl (C=O) groups is 1. The summed E-state index contributed by atoms with van der Waals surface area (Å²) in [5.41, 5.74) is 3.87. The number of aromatic nitrogens is 2. The minimum atomic E-state index is -0.141. The SMILES string of the molecule is Cc1cc(CNC(=O)/C=C/c2ccccc2C)nc(N2CCOCC2)n1. The van der Waals surface area contributed by atoms with E-state index in [0.29, 0.717) is 25.7 Å². The normalized spacial score (nSPS) is 14.6. The number of hydrogen-bond donors (Lipinski definition) is 1. The van der Waals surface area contributed by atoms with E-state index in [-0.39, 0.29) is 5.91 Å². The van der Waals surface area contributed by atoms with Gasteiger partial charge in [0.15, 0.2) is 0 Å². The molecule has 0 unspecified atom stereocenters. The number of anilines is 1. The molecule has 0 saturated carbocycles. The molecule has 2 heterocycles. The van der Waals surface area contributed by atoms with Crippen LogP contribution in [0.3, 0.4) is 0 Å². The molecule has 0 bridgehead atoms. The van der Waals surface area contributed by atoms with Gasteiger partial charge in [0.25, 0.3) is 0 Å². The maximum Gasteiger partial charge on any atom is 0.244 e. The number of rotatable bonds is 5. The van der Waals surface area contributed by atoms with Crippen molar-refractivity contribution in [2.75, 3.05) is 31.2 Å². The minimum absolute atomic E-state index is 0.141. The van der Waals surface area contributed by atoms with E-state index in [2.05, 4.69) is 20.2 Å². The van der Waals surface area contributed by atoms with Gasteiger partial charge in [-0.1, -0.05) is 24.3 Å². The van der Waals surface area contributed by atoms with E-state index < -0.39 is 0 Å². The number of nitrogens with one attached hydrogen (secondary N) is 1. The van der Waals surface area contributed by atoms with E-state index in [4.69, 9.17) is 4.74 Å². The van der Waals surface area contributed by atoms with Gasteiger partial charge in [0.1, 0.15) is 0 Å². The predicted octanol–water partition coefficient (Wildman–Crippen LogP) is 2.26. The Morgan fingerprint density at radius 3 is 2.77 bits per heavy atom. The summed E-state index contributed by atoms with van der Waals surface area (Å²) in [6.45, 7) is 7.28. The van der Waals surface area contributed by atoms with Crippen LogP contribution in [-0.4, -0.2) is 42.2 Å². The molecule has 6 heteroatoms. The van der Waals surface area contributed by atoms with Crippen molar-refractivity contribution in [1.29, 1.82) is 0 Å². The average molecular weight is 352 g/mol. The van der Waals surface area contributed by atoms with Crippen molar-refractivity contribution < 1.29 is 9.53 Å². The number of benzene rings is 1. The van der Waals surface area contributed by atoms with Crippen molar-refractivity contribution in [2.45, 2.75) is 20.4 Å². The summed E-state index contributed by atoms with van der Waals surface area (Å²) in [7, 11) is 0. The topological polar surface area (TPSA) is 67.4 Å². The van der Waals surface area contributed by atoms with Gasteiger partial charge in [0.05, 0.1) is 25.5 Å². The van der Waals surface area contributed by atoms with Gasteiger partial charge >= 0.3 is 0 Å². The van der Waals surface area contributed by atoms with Gasteiger partial charge in [0.2, 0.25) is 11.9 Å². The first-order valence-electron chi connectivity index (χ1n) is 8.80. The largest absolute Gasteiger partial charge is 0.378 e. The maximum absolute atomic E-state index is 12.1. The molecule has 1 aliphatic heterocycles. The Morgan fingerprint density at radius 2 is 2.00 bits per heavy atom. The highest BCUT2D eigenvalue weighted by Gasteiger charge is 2.15. The van der Waals surface area contributed by atoms with E-state index in [1.807, 2.05) is 50.3 Å². The summed E-state index contributed by atoms with van der Waals surface area (Å²) in [6.07, 6.45) is 3.38. The van der Waals surface area contributed by atoms with Crippen LogP contribution in [0, 0.1) is 13.8 Å². The molecular weight excluding hydrogens is 328 g/mol. The molecule has 1 aliphatic rings. The predicted molar refractivity (Wildman–Crippen MR) is 102 cm³/mol. The smallest absolute Gasteiger partial charge is 0.244 e. The highest BCUT2D eigenvalue weighted by Crippen LogP contribution is 2.12. The molecule has 0 atom stereocenters. The third-order valence-electron chi connectivity index (χ3n) is 4.24. The summed E-state index contributed by atoms with van der Waals surface area (Å²) < 4.78 is 5.37. The molecule has 1 fully saturated rings. The fourth-order valence-corrected chi connectivity index (χ4v) is 2.79. The lowest BCUT2D eigenvalue weighted by Gasteiger charge is -2.27. The molecule has 0 aliphatic carbocycles. The Bertz CT molecular complexity index is 798. The van der Waals surface area contributed by atoms with E-state index in [1.165, 1.54) is 0 Å². The first kappa shape index (κ1) is 18.1. The van der Waals surface area contributed by atoms with Crippen molar-refractivity contribution in [3.8, 4) is 0 Å². The maximum atomic E-state index is 12.1. The molecule has 0 spiro atoms. The second-order valence-corrected chi connectivity index (χ2v) is 6.31. The fourth-order valence-electron chi connectivity index (χ4n) is 2.79. The van der Waals surface area contributed by atoms with Crippen LogP contribution >= 0.6 is 0 Å². The van der Waals surface area contributed by atoms with Gasteiger partial charge in [-0.3, -0.25) is 4.79 Å². The van der Waals surface area contributed by atoms with Crippen LogP contribution in [0.2, 0.25) is 0 Å². The van der Waals surface area contributed by atoms with Crippen molar-refractivity contribution in [2.24, 2.45) is 0 Å². The zero-order valence-electron chi connectivity index (χ0n) is 15.2. The summed E-state index contributed by atoms with van der Waals surface area (Å²) in [5, 5.41) is 2.89. The molecular formula is C20H24N4O2. The lowest BCUT2D eigenvalue weighted by atomic mass is 10.1. The number of morpholine rings is 1. The standard InChI is InChI=1S/C20H24N4O2/c1-15-5-3-4-6-17(15)7-8-19(25)21-14-18-13-16(2)22-20(23-18)24-9-11-26-12-10-24/h3-8,13H,9-12,14H2,1-2H3,(H,21,25)/b8-7+. The Hall–Kier alpha value is -2.73. The van der Waals surface area contributed by atoms with Crippen LogP contribution in [0.15, 0.2) is 36.4 Å². The third-order valence-corrected chi connectivity index (χ3v) is 4.24. The van der Waals surface area contributed by atoms with Crippen LogP contribution in [0.4, 0.5) is 5.95 Å². The summed E-state index contributed by atoms with van der Waals surface area (Å²) in [6, 6.07) is 9.85. The van der Waals surface area contributed by atoms with E-state index in [1.54, 1.807) is 6.08 Å². The molecule has 1 aromatic carbocycles. The Labute approximate surface area is 153 Å². The summed E-state index contributed by atoms with van der Waals surface area (Å²) in [4.78, 5) is 23.3. The quantitative estimate of drug-likeness (QED) is 0.836. The second kappa shape index (κ2) is 8.58. The van der Waals surface area contributed by atoms with Gasteiger partial charge in [0, 0.05) is 24.9 Å². The molecule has 1 aromatic heterocycles. The third kappa shape index (κ3) is 4.89. The van der Waals surface area contributed by atoms with Gasteiger partial charge in [-0.05, 0) is 37.1 Å². The van der Waals surface area contributed by atoms with Gasteiger partial charge in [-0.25, -0.2) is 9.97 Å². The summed E-state index contributed by atoms with van der Waals surface area (Å²) >= 11 is 0. The Kier molecular flexibility index (Phi) is 5.96. The minimum Gasteiger partial charge on any atom is -0.378 e. The van der Waals surface area contributed by atoms with Gasteiger partial charge in [-0.2, -0.15) is 0 Å². The number of nitrogens with zero attached hydrogens (tertiary/aromatic N) is 3. The number of aryl methyl sites for hydroxylation is 2. The van der Waals surface area contributed by atoms with Crippen molar-refractivity contribution in [3.05, 3.63) is 58.9 Å². The molecule has 1 saturated heterocycles. The van der Waals surface area contributed by atoms with Crippen molar-refractivity contribution >= 4 is 17.9 Å². The molecule has 3 rings (SSSR count). The van der Waals surface area contributed by atoms with Crippen molar-refractivity contribution in [1.82, 2.24) is 15.3 Å². The van der Waals surface area contributed by atoms with Gasteiger partial charge < -0.3 is 15.0 Å². The monoisotopic (exact) mass is 352 g/mol. The fraction of sp³-hybridized carbons (Fsp3) is 0.350. The second-order valence-electron chi connectivity index (χ2n) is 6.31. The lowest BCUT2D eigenvalue weighted by Crippen LogP contribution is -2.37. The first-order valence-corrected chi connectivity index (χ1v) is 8.80. The highest BCUT2D eigenvalue weighted by molar-refractivity contribution is 5.91. The molecule has 2 aromatic rings. The molecule has 26 heavy (non-hydrogen) atoms. The highest BCUT2D eigenvalue weighted by atomic mass is 16.5. The number of amides is 1.